The van der Waals surface area contributed by atoms with E-state index in [1.807, 2.05) is 0 Å². The van der Waals surface area contributed by atoms with Crippen LogP contribution in [-0.2, 0) is 4.74 Å². The van der Waals surface area contributed by atoms with E-state index in [9.17, 15) is 4.39 Å². The maximum atomic E-state index is 13.8. The summed E-state index contributed by atoms with van der Waals surface area (Å²) in [6.07, 6.45) is -0.345. The first-order chi connectivity index (χ1) is 7.74. The highest BCUT2D eigenvalue weighted by atomic mass is 35.5. The maximum Gasteiger partial charge on any atom is 0.146 e. The molecule has 16 heavy (non-hydrogen) atoms. The summed E-state index contributed by atoms with van der Waals surface area (Å²) in [4.78, 5) is 0. The molecule has 5 heteroatoms. The van der Waals surface area contributed by atoms with Crippen molar-refractivity contribution >= 4 is 11.6 Å². The third kappa shape index (κ3) is 2.14. The predicted molar refractivity (Wildman–Crippen MR) is 59.5 cm³/mol. The van der Waals surface area contributed by atoms with Gasteiger partial charge in [-0.1, -0.05) is 11.6 Å². The number of benzene rings is 1. The van der Waals surface area contributed by atoms with Gasteiger partial charge in [0.25, 0.3) is 0 Å². The van der Waals surface area contributed by atoms with Crippen LogP contribution in [0.15, 0.2) is 12.1 Å². The lowest BCUT2D eigenvalue weighted by molar-refractivity contribution is 0.0240. The van der Waals surface area contributed by atoms with E-state index in [4.69, 9.17) is 21.1 Å². The zero-order valence-corrected chi connectivity index (χ0v) is 9.68. The molecule has 0 amide bonds. The van der Waals surface area contributed by atoms with Crippen LogP contribution in [-0.4, -0.2) is 26.8 Å². The number of nitrogens with one attached hydrogen (secondary N) is 1. The van der Waals surface area contributed by atoms with Gasteiger partial charge >= 0.3 is 0 Å². The molecule has 1 unspecified atom stereocenters. The van der Waals surface area contributed by atoms with E-state index in [1.54, 1.807) is 0 Å². The highest BCUT2D eigenvalue weighted by Crippen LogP contribution is 2.36. The Morgan fingerprint density at radius 1 is 1.56 bits per heavy atom. The van der Waals surface area contributed by atoms with Crippen LogP contribution in [0.2, 0.25) is 5.02 Å². The van der Waals surface area contributed by atoms with Crippen molar-refractivity contribution in [2.24, 2.45) is 0 Å². The van der Waals surface area contributed by atoms with E-state index in [0.717, 1.165) is 6.54 Å². The Kier molecular flexibility index (Phi) is 3.63. The molecular weight excluding hydrogens is 233 g/mol. The Morgan fingerprint density at radius 3 is 3.00 bits per heavy atom. The molecule has 1 heterocycles. The molecule has 0 aromatic heterocycles. The summed E-state index contributed by atoms with van der Waals surface area (Å²) in [6.45, 7) is 1.90. The van der Waals surface area contributed by atoms with Gasteiger partial charge in [0.2, 0.25) is 0 Å². The minimum atomic E-state index is -0.352. The van der Waals surface area contributed by atoms with Crippen LogP contribution in [0.5, 0.6) is 5.75 Å². The molecule has 0 spiro atoms. The van der Waals surface area contributed by atoms with E-state index in [-0.39, 0.29) is 11.9 Å². The second-order valence-corrected chi connectivity index (χ2v) is 3.95. The molecule has 3 nitrogen and oxygen atoms in total. The van der Waals surface area contributed by atoms with Crippen LogP contribution >= 0.6 is 11.6 Å². The van der Waals surface area contributed by atoms with Crippen molar-refractivity contribution in [3.8, 4) is 5.75 Å². The molecular formula is C11H13ClFNO2. The van der Waals surface area contributed by atoms with Crippen LogP contribution in [0.25, 0.3) is 0 Å². The third-order valence-corrected chi connectivity index (χ3v) is 2.85. The van der Waals surface area contributed by atoms with Crippen molar-refractivity contribution in [1.29, 1.82) is 0 Å². The summed E-state index contributed by atoms with van der Waals surface area (Å²) < 4.78 is 24.4. The zero-order valence-electron chi connectivity index (χ0n) is 8.93. The van der Waals surface area contributed by atoms with E-state index in [1.165, 1.54) is 19.2 Å². The first-order valence-corrected chi connectivity index (χ1v) is 5.46. The number of hydrogen-bond donors (Lipinski definition) is 1. The number of hydrogen-bond acceptors (Lipinski definition) is 3. The summed E-state index contributed by atoms with van der Waals surface area (Å²) >= 11 is 5.95. The third-order valence-electron chi connectivity index (χ3n) is 2.55. The first-order valence-electron chi connectivity index (χ1n) is 5.08. The molecule has 0 radical (unpaired) electrons. The van der Waals surface area contributed by atoms with Gasteiger partial charge in [0.1, 0.15) is 17.7 Å². The Balaban J connectivity index is 2.40. The highest BCUT2D eigenvalue weighted by molar-refractivity contribution is 6.32. The fourth-order valence-electron chi connectivity index (χ4n) is 1.81. The lowest BCUT2D eigenvalue weighted by atomic mass is 10.1. The monoisotopic (exact) mass is 245 g/mol. The quantitative estimate of drug-likeness (QED) is 0.866. The van der Waals surface area contributed by atoms with Crippen LogP contribution in [0.1, 0.15) is 11.7 Å². The molecule has 2 rings (SSSR count). The molecule has 1 N–H and O–H groups in total. The summed E-state index contributed by atoms with van der Waals surface area (Å²) in [5, 5.41) is 3.54. The smallest absolute Gasteiger partial charge is 0.146 e. The van der Waals surface area contributed by atoms with Gasteiger partial charge in [-0.2, -0.15) is 0 Å². The van der Waals surface area contributed by atoms with Crippen molar-refractivity contribution in [2.45, 2.75) is 6.10 Å². The second-order valence-electron chi connectivity index (χ2n) is 3.54. The molecule has 0 aliphatic carbocycles. The Labute approximate surface area is 98.5 Å². The Bertz CT molecular complexity index is 380. The second kappa shape index (κ2) is 4.99. The first kappa shape index (κ1) is 11.6. The molecule has 1 aromatic carbocycles. The SMILES string of the molecule is COc1c(Cl)ccc(F)c1C1CNCCO1. The Hall–Kier alpha value is -0.840. The van der Waals surface area contributed by atoms with Gasteiger partial charge in [-0.25, -0.2) is 4.39 Å². The molecule has 0 saturated carbocycles. The maximum absolute atomic E-state index is 13.8. The van der Waals surface area contributed by atoms with Crippen LogP contribution < -0.4 is 10.1 Å². The average molecular weight is 246 g/mol. The summed E-state index contributed by atoms with van der Waals surface area (Å²) in [7, 11) is 1.47. The van der Waals surface area contributed by atoms with Gasteiger partial charge in [-0.15, -0.1) is 0 Å². The number of rotatable bonds is 2. The lowest BCUT2D eigenvalue weighted by Gasteiger charge is -2.26. The van der Waals surface area contributed by atoms with E-state index < -0.39 is 0 Å². The molecule has 1 saturated heterocycles. The topological polar surface area (TPSA) is 30.5 Å². The van der Waals surface area contributed by atoms with Crippen LogP contribution in [0.3, 0.4) is 0 Å². The van der Waals surface area contributed by atoms with Gasteiger partial charge in [0.05, 0.1) is 24.3 Å². The zero-order chi connectivity index (χ0) is 11.5. The fourth-order valence-corrected chi connectivity index (χ4v) is 2.05. The standard InChI is InChI=1S/C11H13ClFNO2/c1-15-11-7(12)2-3-8(13)10(11)9-6-14-4-5-16-9/h2-3,9,14H,4-6H2,1H3. The largest absolute Gasteiger partial charge is 0.495 e. The van der Waals surface area contributed by atoms with Crippen molar-refractivity contribution in [1.82, 2.24) is 5.32 Å². The molecule has 1 aliphatic heterocycles. The van der Waals surface area contributed by atoms with Gasteiger partial charge in [-0.3, -0.25) is 0 Å². The van der Waals surface area contributed by atoms with Gasteiger partial charge in [0, 0.05) is 13.1 Å². The van der Waals surface area contributed by atoms with Gasteiger partial charge in [0.15, 0.2) is 0 Å². The lowest BCUT2D eigenvalue weighted by Crippen LogP contribution is -2.34. The average Bonchev–Trinajstić information content (AvgIpc) is 2.33. The fraction of sp³-hybridized carbons (Fsp3) is 0.455. The molecule has 1 fully saturated rings. The number of ether oxygens (including phenoxy) is 2. The predicted octanol–water partition coefficient (Wildman–Crippen LogP) is 2.15. The van der Waals surface area contributed by atoms with Crippen molar-refractivity contribution in [3.63, 3.8) is 0 Å². The Morgan fingerprint density at radius 2 is 2.38 bits per heavy atom. The van der Waals surface area contributed by atoms with E-state index in [0.29, 0.717) is 29.5 Å². The summed E-state index contributed by atoms with van der Waals surface area (Å²) in [5.74, 6) is 0.00492. The molecule has 1 aromatic rings. The molecule has 1 aliphatic rings. The van der Waals surface area contributed by atoms with Crippen molar-refractivity contribution < 1.29 is 13.9 Å². The number of methoxy groups -OCH3 is 1. The van der Waals surface area contributed by atoms with Gasteiger partial charge in [-0.05, 0) is 12.1 Å². The van der Waals surface area contributed by atoms with Crippen LogP contribution in [0.4, 0.5) is 4.39 Å². The molecule has 0 bridgehead atoms. The van der Waals surface area contributed by atoms with Crippen molar-refractivity contribution in [3.05, 3.63) is 28.5 Å². The normalized spacial score (nSPS) is 20.8. The number of morpholine rings is 1. The summed E-state index contributed by atoms with van der Waals surface area (Å²) in [5.41, 5.74) is 0.391. The molecule has 1 atom stereocenters. The van der Waals surface area contributed by atoms with Crippen molar-refractivity contribution in [2.75, 3.05) is 26.8 Å². The van der Waals surface area contributed by atoms with E-state index in [2.05, 4.69) is 5.32 Å². The van der Waals surface area contributed by atoms with Gasteiger partial charge < -0.3 is 14.8 Å². The minimum absolute atomic E-state index is 0.345. The van der Waals surface area contributed by atoms with Crippen LogP contribution in [0, 0.1) is 5.82 Å². The summed E-state index contributed by atoms with van der Waals surface area (Å²) in [6, 6.07) is 2.81. The highest BCUT2D eigenvalue weighted by Gasteiger charge is 2.24. The minimum Gasteiger partial charge on any atom is -0.495 e. The number of halogens is 2. The van der Waals surface area contributed by atoms with E-state index >= 15 is 0 Å². The molecule has 88 valence electrons.